The van der Waals surface area contributed by atoms with Crippen molar-refractivity contribution in [2.75, 3.05) is 24.5 Å². The van der Waals surface area contributed by atoms with E-state index >= 15 is 0 Å². The fourth-order valence-electron chi connectivity index (χ4n) is 4.41. The van der Waals surface area contributed by atoms with Crippen LogP contribution >= 0.6 is 23.2 Å². The number of carbonyl (C=O) groups excluding carboxylic acids is 3. The first-order valence-corrected chi connectivity index (χ1v) is 12.5. The number of pyridine rings is 1. The fraction of sp³-hybridized carbons (Fsp3) is 0.185. The standard InChI is InChI=1S/C27H22Cl2N4O4/c1-3-32(4-2)26(35)24-23(33-14-21(34)30-27(33)36)19-13-18(15-9-11-16(28)12-10-15)22(31-25(19)37-24)17-7-5-6-8-20(17)29/h5-13H,3-4,14H2,1-2H3,(H,30,34,36). The van der Waals surface area contributed by atoms with Crippen LogP contribution in [0, 0.1) is 0 Å². The van der Waals surface area contributed by atoms with Crippen molar-refractivity contribution in [3.8, 4) is 22.4 Å². The van der Waals surface area contributed by atoms with Gasteiger partial charge in [-0.1, -0.05) is 53.5 Å². The summed E-state index contributed by atoms with van der Waals surface area (Å²) >= 11 is 12.7. The average molecular weight is 537 g/mol. The number of furan rings is 1. The quantitative estimate of drug-likeness (QED) is 0.304. The van der Waals surface area contributed by atoms with Crippen LogP contribution in [-0.4, -0.2) is 47.4 Å². The first-order chi connectivity index (χ1) is 17.8. The lowest BCUT2D eigenvalue weighted by atomic mass is 9.98. The molecule has 1 fully saturated rings. The Balaban J connectivity index is 1.84. The van der Waals surface area contributed by atoms with E-state index in [1.165, 1.54) is 4.90 Å². The van der Waals surface area contributed by atoms with E-state index in [1.54, 1.807) is 29.2 Å². The summed E-state index contributed by atoms with van der Waals surface area (Å²) in [5, 5.41) is 3.74. The van der Waals surface area contributed by atoms with Gasteiger partial charge < -0.3 is 9.32 Å². The summed E-state index contributed by atoms with van der Waals surface area (Å²) < 4.78 is 6.05. The smallest absolute Gasteiger partial charge is 0.329 e. The molecule has 1 aliphatic heterocycles. The number of amides is 4. The van der Waals surface area contributed by atoms with Crippen molar-refractivity contribution in [2.45, 2.75) is 13.8 Å². The maximum atomic E-state index is 13.5. The molecular formula is C27H22Cl2N4O4. The van der Waals surface area contributed by atoms with E-state index < -0.39 is 17.8 Å². The lowest BCUT2D eigenvalue weighted by Crippen LogP contribution is -2.33. The van der Waals surface area contributed by atoms with Gasteiger partial charge in [-0.2, -0.15) is 0 Å². The Labute approximate surface area is 222 Å². The third-order valence-electron chi connectivity index (χ3n) is 6.25. The highest BCUT2D eigenvalue weighted by atomic mass is 35.5. The molecule has 4 amide bonds. The molecule has 2 aromatic heterocycles. The number of benzene rings is 2. The lowest BCUT2D eigenvalue weighted by molar-refractivity contribution is -0.117. The van der Waals surface area contributed by atoms with E-state index in [2.05, 4.69) is 5.32 Å². The van der Waals surface area contributed by atoms with Gasteiger partial charge in [-0.25, -0.2) is 9.78 Å². The summed E-state index contributed by atoms with van der Waals surface area (Å²) in [6.45, 7) is 4.33. The van der Waals surface area contributed by atoms with Crippen LogP contribution in [0.1, 0.15) is 24.4 Å². The molecule has 0 atom stereocenters. The third kappa shape index (κ3) is 4.43. The molecular weight excluding hydrogens is 515 g/mol. The molecule has 1 saturated heterocycles. The fourth-order valence-corrected chi connectivity index (χ4v) is 4.76. The van der Waals surface area contributed by atoms with E-state index in [-0.39, 0.29) is 23.7 Å². The zero-order chi connectivity index (χ0) is 26.3. The Kier molecular flexibility index (Phi) is 6.62. The van der Waals surface area contributed by atoms with E-state index in [9.17, 15) is 14.4 Å². The van der Waals surface area contributed by atoms with E-state index in [0.29, 0.717) is 45.3 Å². The molecule has 8 nitrogen and oxygen atoms in total. The number of fused-ring (bicyclic) bond motifs is 1. The normalized spacial score (nSPS) is 13.4. The number of urea groups is 1. The Hall–Kier alpha value is -3.88. The minimum Gasteiger partial charge on any atom is -0.430 e. The van der Waals surface area contributed by atoms with Crippen molar-refractivity contribution < 1.29 is 18.8 Å². The Morgan fingerprint density at radius 2 is 1.76 bits per heavy atom. The molecule has 5 rings (SSSR count). The molecule has 0 bridgehead atoms. The number of aromatic nitrogens is 1. The highest BCUT2D eigenvalue weighted by molar-refractivity contribution is 6.33. The van der Waals surface area contributed by atoms with Crippen LogP contribution in [0.15, 0.2) is 59.0 Å². The molecule has 4 aromatic rings. The van der Waals surface area contributed by atoms with Gasteiger partial charge in [-0.3, -0.25) is 19.8 Å². The van der Waals surface area contributed by atoms with Crippen molar-refractivity contribution in [1.82, 2.24) is 15.2 Å². The van der Waals surface area contributed by atoms with Crippen LogP contribution in [0.2, 0.25) is 10.0 Å². The van der Waals surface area contributed by atoms with E-state index in [0.717, 1.165) is 5.56 Å². The third-order valence-corrected chi connectivity index (χ3v) is 6.83. The van der Waals surface area contributed by atoms with Crippen LogP contribution in [0.4, 0.5) is 10.5 Å². The molecule has 3 heterocycles. The maximum absolute atomic E-state index is 13.5. The topological polar surface area (TPSA) is 95.8 Å². The van der Waals surface area contributed by atoms with Crippen molar-refractivity contribution in [3.05, 3.63) is 70.4 Å². The predicted molar refractivity (Wildman–Crippen MR) is 143 cm³/mol. The van der Waals surface area contributed by atoms with Crippen LogP contribution < -0.4 is 10.2 Å². The minimum atomic E-state index is -0.635. The molecule has 10 heteroatoms. The monoisotopic (exact) mass is 536 g/mol. The van der Waals surface area contributed by atoms with Crippen LogP contribution in [-0.2, 0) is 4.79 Å². The van der Waals surface area contributed by atoms with Crippen molar-refractivity contribution in [2.24, 2.45) is 0 Å². The molecule has 1 aliphatic rings. The zero-order valence-electron chi connectivity index (χ0n) is 20.0. The molecule has 0 radical (unpaired) electrons. The minimum absolute atomic E-state index is 0.0607. The maximum Gasteiger partial charge on any atom is 0.329 e. The van der Waals surface area contributed by atoms with Gasteiger partial charge in [0.2, 0.25) is 17.4 Å². The van der Waals surface area contributed by atoms with Gasteiger partial charge >= 0.3 is 6.03 Å². The molecule has 0 unspecified atom stereocenters. The Morgan fingerprint density at radius 1 is 1.05 bits per heavy atom. The summed E-state index contributed by atoms with van der Waals surface area (Å²) in [6.07, 6.45) is 0. The molecule has 0 saturated carbocycles. The van der Waals surface area contributed by atoms with Crippen molar-refractivity contribution in [1.29, 1.82) is 0 Å². The molecule has 0 aliphatic carbocycles. The predicted octanol–water partition coefficient (Wildman–Crippen LogP) is 6.01. The SMILES string of the molecule is CCN(CC)C(=O)c1oc2nc(-c3ccccc3Cl)c(-c3ccc(Cl)cc3)cc2c1N1CC(=O)NC1=O. The summed E-state index contributed by atoms with van der Waals surface area (Å²) in [5.41, 5.74) is 3.02. The Morgan fingerprint density at radius 3 is 2.38 bits per heavy atom. The van der Waals surface area contributed by atoms with Crippen molar-refractivity contribution in [3.63, 3.8) is 0 Å². The molecule has 188 valence electrons. The molecule has 2 aromatic carbocycles. The number of hydrogen-bond acceptors (Lipinski definition) is 5. The van der Waals surface area contributed by atoms with Gasteiger partial charge in [0.1, 0.15) is 12.2 Å². The van der Waals surface area contributed by atoms with E-state index in [4.69, 9.17) is 32.6 Å². The second-order valence-corrected chi connectivity index (χ2v) is 9.26. The summed E-state index contributed by atoms with van der Waals surface area (Å²) in [7, 11) is 0. The second kappa shape index (κ2) is 9.88. The average Bonchev–Trinajstić information content (AvgIpc) is 3.42. The van der Waals surface area contributed by atoms with Crippen LogP contribution in [0.25, 0.3) is 33.5 Å². The van der Waals surface area contributed by atoms with Crippen LogP contribution in [0.5, 0.6) is 0 Å². The first-order valence-electron chi connectivity index (χ1n) is 11.7. The van der Waals surface area contributed by atoms with Crippen molar-refractivity contribution >= 4 is 57.8 Å². The van der Waals surface area contributed by atoms with Crippen LogP contribution in [0.3, 0.4) is 0 Å². The van der Waals surface area contributed by atoms with Gasteiger partial charge in [0.05, 0.1) is 11.1 Å². The van der Waals surface area contributed by atoms with Gasteiger partial charge in [-0.15, -0.1) is 0 Å². The number of rotatable bonds is 6. The number of carbonyl (C=O) groups is 3. The lowest BCUT2D eigenvalue weighted by Gasteiger charge is -2.19. The largest absolute Gasteiger partial charge is 0.430 e. The number of nitrogens with zero attached hydrogens (tertiary/aromatic N) is 3. The van der Waals surface area contributed by atoms with Gasteiger partial charge in [0.25, 0.3) is 5.91 Å². The summed E-state index contributed by atoms with van der Waals surface area (Å²) in [4.78, 5) is 45.8. The number of imide groups is 1. The summed E-state index contributed by atoms with van der Waals surface area (Å²) in [6, 6.07) is 15.7. The molecule has 0 spiro atoms. The van der Waals surface area contributed by atoms with E-state index in [1.807, 2.05) is 44.2 Å². The Bertz CT molecular complexity index is 1540. The number of anilines is 1. The number of hydrogen-bond donors (Lipinski definition) is 1. The molecule has 37 heavy (non-hydrogen) atoms. The zero-order valence-corrected chi connectivity index (χ0v) is 21.6. The second-order valence-electron chi connectivity index (χ2n) is 8.42. The van der Waals surface area contributed by atoms with Gasteiger partial charge in [-0.05, 0) is 43.7 Å². The van der Waals surface area contributed by atoms with Gasteiger partial charge in [0, 0.05) is 34.3 Å². The highest BCUT2D eigenvalue weighted by Gasteiger charge is 2.37. The number of halogens is 2. The number of nitrogens with one attached hydrogen (secondary N) is 1. The molecule has 1 N–H and O–H groups in total. The first kappa shape index (κ1) is 24.8. The summed E-state index contributed by atoms with van der Waals surface area (Å²) in [5.74, 6) is -0.939. The highest BCUT2D eigenvalue weighted by Crippen LogP contribution is 2.42. The van der Waals surface area contributed by atoms with Gasteiger partial charge in [0.15, 0.2) is 0 Å².